The maximum Gasteiger partial charge on any atom is 0.326 e. The normalized spacial score (nSPS) is 14.1. The highest BCUT2D eigenvalue weighted by molar-refractivity contribution is 5.84. The van der Waals surface area contributed by atoms with Gasteiger partial charge in [-0.2, -0.15) is 0 Å². The van der Waals surface area contributed by atoms with Crippen molar-refractivity contribution < 1.29 is 24.6 Å². The minimum absolute atomic E-state index is 0.0167. The van der Waals surface area contributed by atoms with Gasteiger partial charge < -0.3 is 15.5 Å². The van der Waals surface area contributed by atoms with Crippen molar-refractivity contribution in [3.8, 4) is 0 Å². The van der Waals surface area contributed by atoms with Gasteiger partial charge in [-0.1, -0.05) is 20.8 Å². The van der Waals surface area contributed by atoms with E-state index in [1.807, 2.05) is 0 Å². The molecular formula is C11H19NO5. The standard InChI is InChI=1S/C11H19NO5/c1-6(2)10(11(16)17)12-8(13)4-7(3)5-9(14)15/h6-7,10H,4-5H2,1-3H3,(H,12,13)(H,14,15)(H,16,17). The molecule has 0 aromatic rings. The van der Waals surface area contributed by atoms with Crippen LogP contribution in [0.5, 0.6) is 0 Å². The minimum atomic E-state index is -1.08. The highest BCUT2D eigenvalue weighted by Crippen LogP contribution is 2.08. The SMILES string of the molecule is CC(CC(=O)O)CC(=O)NC(C(=O)O)C(C)C. The molecule has 0 spiro atoms. The molecule has 0 saturated heterocycles. The first-order valence-electron chi connectivity index (χ1n) is 5.48. The quantitative estimate of drug-likeness (QED) is 0.613. The molecule has 1 amide bonds. The molecular weight excluding hydrogens is 226 g/mol. The first-order chi connectivity index (χ1) is 7.73. The van der Waals surface area contributed by atoms with Crippen molar-refractivity contribution >= 4 is 17.8 Å². The topological polar surface area (TPSA) is 104 Å². The van der Waals surface area contributed by atoms with Crippen LogP contribution in [0.1, 0.15) is 33.6 Å². The molecule has 0 aromatic carbocycles. The average Bonchev–Trinajstić information content (AvgIpc) is 2.11. The molecule has 0 aromatic heterocycles. The summed E-state index contributed by atoms with van der Waals surface area (Å²) in [5.74, 6) is -3.01. The Balaban J connectivity index is 4.24. The molecule has 0 radical (unpaired) electrons. The Kier molecular flexibility index (Phi) is 6.23. The van der Waals surface area contributed by atoms with Gasteiger partial charge in [-0.25, -0.2) is 4.79 Å². The fourth-order valence-corrected chi connectivity index (χ4v) is 1.43. The molecule has 0 heterocycles. The Morgan fingerprint density at radius 1 is 1.06 bits per heavy atom. The molecule has 6 nitrogen and oxygen atoms in total. The number of amides is 1. The monoisotopic (exact) mass is 245 g/mol. The molecule has 0 aliphatic heterocycles. The molecule has 0 aliphatic carbocycles. The molecule has 0 rings (SSSR count). The average molecular weight is 245 g/mol. The summed E-state index contributed by atoms with van der Waals surface area (Å²) in [6.07, 6.45) is -0.0877. The van der Waals surface area contributed by atoms with E-state index in [0.29, 0.717) is 0 Å². The molecule has 17 heavy (non-hydrogen) atoms. The molecule has 2 unspecified atom stereocenters. The van der Waals surface area contributed by atoms with Crippen LogP contribution >= 0.6 is 0 Å². The molecule has 98 valence electrons. The van der Waals surface area contributed by atoms with Crippen molar-refractivity contribution in [2.45, 2.75) is 39.7 Å². The van der Waals surface area contributed by atoms with Gasteiger partial charge in [-0.15, -0.1) is 0 Å². The number of hydrogen-bond acceptors (Lipinski definition) is 3. The number of rotatable bonds is 7. The van der Waals surface area contributed by atoms with E-state index in [-0.39, 0.29) is 24.7 Å². The predicted molar refractivity (Wildman–Crippen MR) is 60.4 cm³/mol. The summed E-state index contributed by atoms with van der Waals surface area (Å²) in [6.45, 7) is 5.03. The van der Waals surface area contributed by atoms with Crippen LogP contribution in [0.25, 0.3) is 0 Å². The first kappa shape index (κ1) is 15.4. The summed E-state index contributed by atoms with van der Waals surface area (Å²) in [7, 11) is 0. The summed E-state index contributed by atoms with van der Waals surface area (Å²) < 4.78 is 0. The van der Waals surface area contributed by atoms with E-state index < -0.39 is 23.9 Å². The van der Waals surface area contributed by atoms with Crippen LogP contribution in [-0.4, -0.2) is 34.1 Å². The number of hydrogen-bond donors (Lipinski definition) is 3. The van der Waals surface area contributed by atoms with E-state index in [2.05, 4.69) is 5.32 Å². The molecule has 3 N–H and O–H groups in total. The van der Waals surface area contributed by atoms with E-state index in [1.165, 1.54) is 0 Å². The zero-order chi connectivity index (χ0) is 13.6. The molecule has 0 fully saturated rings. The second kappa shape index (κ2) is 6.88. The van der Waals surface area contributed by atoms with Crippen LogP contribution < -0.4 is 5.32 Å². The van der Waals surface area contributed by atoms with Crippen LogP contribution in [0.3, 0.4) is 0 Å². The number of carbonyl (C=O) groups is 3. The van der Waals surface area contributed by atoms with Crippen LogP contribution in [0.4, 0.5) is 0 Å². The van der Waals surface area contributed by atoms with Crippen molar-refractivity contribution in [1.29, 1.82) is 0 Å². The predicted octanol–water partition coefficient (Wildman–Crippen LogP) is 0.713. The van der Waals surface area contributed by atoms with Crippen molar-refractivity contribution in [3.63, 3.8) is 0 Å². The number of aliphatic carboxylic acids is 2. The van der Waals surface area contributed by atoms with E-state index in [4.69, 9.17) is 10.2 Å². The Bertz CT molecular complexity index is 300. The van der Waals surface area contributed by atoms with E-state index in [0.717, 1.165) is 0 Å². The van der Waals surface area contributed by atoms with E-state index in [1.54, 1.807) is 20.8 Å². The second-order valence-electron chi connectivity index (χ2n) is 4.53. The van der Waals surface area contributed by atoms with Gasteiger partial charge in [0.2, 0.25) is 5.91 Å². The lowest BCUT2D eigenvalue weighted by Gasteiger charge is -2.18. The van der Waals surface area contributed by atoms with Crippen molar-refractivity contribution in [2.24, 2.45) is 11.8 Å². The summed E-state index contributed by atoms with van der Waals surface area (Å²) in [5.41, 5.74) is 0. The molecule has 6 heteroatoms. The van der Waals surface area contributed by atoms with Crippen molar-refractivity contribution in [1.82, 2.24) is 5.32 Å². The van der Waals surface area contributed by atoms with Gasteiger partial charge in [0.1, 0.15) is 6.04 Å². The fraction of sp³-hybridized carbons (Fsp3) is 0.727. The zero-order valence-electron chi connectivity index (χ0n) is 10.3. The van der Waals surface area contributed by atoms with E-state index in [9.17, 15) is 14.4 Å². The van der Waals surface area contributed by atoms with Gasteiger partial charge in [0.25, 0.3) is 0 Å². The van der Waals surface area contributed by atoms with Crippen LogP contribution in [0.15, 0.2) is 0 Å². The largest absolute Gasteiger partial charge is 0.481 e. The van der Waals surface area contributed by atoms with Crippen LogP contribution in [-0.2, 0) is 14.4 Å². The second-order valence-corrected chi connectivity index (χ2v) is 4.53. The van der Waals surface area contributed by atoms with Gasteiger partial charge in [0, 0.05) is 12.8 Å². The zero-order valence-corrected chi connectivity index (χ0v) is 10.3. The van der Waals surface area contributed by atoms with Gasteiger partial charge in [-0.05, 0) is 11.8 Å². The summed E-state index contributed by atoms with van der Waals surface area (Å²) >= 11 is 0. The third-order valence-corrected chi connectivity index (χ3v) is 2.31. The number of carboxylic acids is 2. The maximum absolute atomic E-state index is 11.5. The molecule has 0 saturated carbocycles. The molecule has 2 atom stereocenters. The Hall–Kier alpha value is -1.59. The van der Waals surface area contributed by atoms with Crippen LogP contribution in [0, 0.1) is 11.8 Å². The Labute approximate surface area is 100 Å². The summed E-state index contributed by atoms with van der Waals surface area (Å²) in [5, 5.41) is 19.8. The minimum Gasteiger partial charge on any atom is -0.481 e. The highest BCUT2D eigenvalue weighted by Gasteiger charge is 2.24. The molecule has 0 aliphatic rings. The number of carbonyl (C=O) groups excluding carboxylic acids is 1. The lowest BCUT2D eigenvalue weighted by atomic mass is 10.0. The van der Waals surface area contributed by atoms with Gasteiger partial charge in [-0.3, -0.25) is 9.59 Å². The maximum atomic E-state index is 11.5. The number of carboxylic acid groups (broad SMARTS) is 2. The van der Waals surface area contributed by atoms with Crippen LogP contribution in [0.2, 0.25) is 0 Å². The lowest BCUT2D eigenvalue weighted by molar-refractivity contribution is -0.143. The van der Waals surface area contributed by atoms with Gasteiger partial charge in [0.05, 0.1) is 0 Å². The lowest BCUT2D eigenvalue weighted by Crippen LogP contribution is -2.44. The summed E-state index contributed by atoms with van der Waals surface area (Å²) in [4.78, 5) is 32.7. The first-order valence-corrected chi connectivity index (χ1v) is 5.48. The Morgan fingerprint density at radius 3 is 1.94 bits per heavy atom. The number of nitrogens with one attached hydrogen (secondary N) is 1. The smallest absolute Gasteiger partial charge is 0.326 e. The highest BCUT2D eigenvalue weighted by atomic mass is 16.4. The fourth-order valence-electron chi connectivity index (χ4n) is 1.43. The third-order valence-electron chi connectivity index (χ3n) is 2.31. The molecule has 0 bridgehead atoms. The Morgan fingerprint density at radius 2 is 1.59 bits per heavy atom. The van der Waals surface area contributed by atoms with Gasteiger partial charge >= 0.3 is 11.9 Å². The summed E-state index contributed by atoms with van der Waals surface area (Å²) in [6, 6.07) is -0.931. The van der Waals surface area contributed by atoms with E-state index >= 15 is 0 Å². The van der Waals surface area contributed by atoms with Crippen molar-refractivity contribution in [3.05, 3.63) is 0 Å². The van der Waals surface area contributed by atoms with Crippen molar-refractivity contribution in [2.75, 3.05) is 0 Å². The third kappa shape index (κ3) is 6.55. The van der Waals surface area contributed by atoms with Gasteiger partial charge in [0.15, 0.2) is 0 Å².